The van der Waals surface area contributed by atoms with Gasteiger partial charge < -0.3 is 10.2 Å². The molecule has 0 bridgehead atoms. The summed E-state index contributed by atoms with van der Waals surface area (Å²) in [5, 5.41) is 24.3. The number of hydrogen-bond donors (Lipinski definition) is 3. The molecule has 7 nitrogen and oxygen atoms in total. The molecule has 7 heteroatoms. The minimum atomic E-state index is -2.02. The Balaban J connectivity index is 1.57. The highest BCUT2D eigenvalue weighted by molar-refractivity contribution is 6.25. The number of nitrogens with zero attached hydrogens (tertiary/aromatic N) is 1. The standard InChI is InChI=1S/C33H34N2O5/c1-4-23-12-9-13-24(5-2)29(23)35-30(37)26-27(31(35)38)33(20(3)36,32(39)40)34-28(26)25-18-16-22(17-19-25)15-14-21-10-7-6-8-11-21/h6-20,26-28,34,36H,4-5H2,1-3H3,(H,39,40)/b15-14+. The van der Waals surface area contributed by atoms with Gasteiger partial charge in [0.05, 0.1) is 23.6 Å². The Labute approximate surface area is 234 Å². The molecule has 3 N–H and O–H groups in total. The number of benzene rings is 3. The van der Waals surface area contributed by atoms with E-state index < -0.39 is 47.3 Å². The molecule has 5 rings (SSSR count). The van der Waals surface area contributed by atoms with E-state index in [0.717, 1.165) is 22.3 Å². The highest BCUT2D eigenvalue weighted by Crippen LogP contribution is 2.51. The number of nitrogens with one attached hydrogen (secondary N) is 1. The fraction of sp³-hybridized carbons (Fsp3) is 0.303. The summed E-state index contributed by atoms with van der Waals surface area (Å²) in [4.78, 5) is 42.2. The lowest BCUT2D eigenvalue weighted by molar-refractivity contribution is -0.154. The summed E-state index contributed by atoms with van der Waals surface area (Å²) in [6.45, 7) is 5.27. The van der Waals surface area contributed by atoms with Crippen LogP contribution in [-0.2, 0) is 27.2 Å². The number of anilines is 1. The Morgan fingerprint density at radius 3 is 2.00 bits per heavy atom. The van der Waals surface area contributed by atoms with E-state index in [-0.39, 0.29) is 0 Å². The molecule has 3 aromatic rings. The van der Waals surface area contributed by atoms with Gasteiger partial charge in [0, 0.05) is 6.04 Å². The van der Waals surface area contributed by atoms with Crippen LogP contribution in [0.3, 0.4) is 0 Å². The number of carbonyl (C=O) groups excluding carboxylic acids is 2. The van der Waals surface area contributed by atoms with Crippen LogP contribution in [0.4, 0.5) is 5.69 Å². The third kappa shape index (κ3) is 4.35. The molecular weight excluding hydrogens is 504 g/mol. The van der Waals surface area contributed by atoms with Crippen LogP contribution in [0, 0.1) is 11.8 Å². The van der Waals surface area contributed by atoms with Crippen LogP contribution in [0.1, 0.15) is 54.6 Å². The van der Waals surface area contributed by atoms with Crippen LogP contribution in [0.25, 0.3) is 12.2 Å². The minimum absolute atomic E-state index is 0.445. The predicted octanol–water partition coefficient (Wildman–Crippen LogP) is 4.64. The number of para-hydroxylation sites is 1. The third-order valence-corrected chi connectivity index (χ3v) is 8.36. The monoisotopic (exact) mass is 538 g/mol. The maximum atomic E-state index is 14.2. The molecule has 0 aromatic heterocycles. The van der Waals surface area contributed by atoms with Crippen molar-refractivity contribution in [2.24, 2.45) is 11.8 Å². The normalized spacial score (nSPS) is 25.0. The lowest BCUT2D eigenvalue weighted by Gasteiger charge is -2.34. The lowest BCUT2D eigenvalue weighted by atomic mass is 9.76. The van der Waals surface area contributed by atoms with E-state index in [1.807, 2.05) is 98.8 Å². The molecule has 3 aromatic carbocycles. The van der Waals surface area contributed by atoms with E-state index in [2.05, 4.69) is 5.32 Å². The fourth-order valence-corrected chi connectivity index (χ4v) is 6.28. The predicted molar refractivity (Wildman–Crippen MR) is 154 cm³/mol. The molecule has 0 spiro atoms. The number of carboxylic acid groups (broad SMARTS) is 1. The SMILES string of the molecule is CCc1cccc(CC)c1N1C(=O)C2C(c3ccc(/C=C/c4ccccc4)cc3)NC(C(=O)O)(C(C)O)C2C1=O. The number of amides is 2. The van der Waals surface area contributed by atoms with E-state index >= 15 is 0 Å². The second-order valence-electron chi connectivity index (χ2n) is 10.5. The summed E-state index contributed by atoms with van der Waals surface area (Å²) in [6.07, 6.45) is 3.75. The topological polar surface area (TPSA) is 107 Å². The van der Waals surface area contributed by atoms with Gasteiger partial charge in [-0.3, -0.25) is 19.7 Å². The molecule has 0 aliphatic carbocycles. The van der Waals surface area contributed by atoms with Gasteiger partial charge in [0.1, 0.15) is 0 Å². The van der Waals surface area contributed by atoms with Crippen LogP contribution in [-0.4, -0.2) is 39.6 Å². The molecule has 206 valence electrons. The van der Waals surface area contributed by atoms with Gasteiger partial charge in [-0.25, -0.2) is 4.90 Å². The largest absolute Gasteiger partial charge is 0.480 e. The molecule has 40 heavy (non-hydrogen) atoms. The number of imide groups is 1. The van der Waals surface area contributed by atoms with Gasteiger partial charge in [0.15, 0.2) is 5.54 Å². The second kappa shape index (κ2) is 10.8. The van der Waals surface area contributed by atoms with Crippen LogP contribution < -0.4 is 10.2 Å². The van der Waals surface area contributed by atoms with Crippen molar-refractivity contribution in [1.82, 2.24) is 5.32 Å². The van der Waals surface area contributed by atoms with Gasteiger partial charge >= 0.3 is 5.97 Å². The van der Waals surface area contributed by atoms with E-state index in [4.69, 9.17) is 0 Å². The van der Waals surface area contributed by atoms with Crippen LogP contribution in [0.5, 0.6) is 0 Å². The number of aryl methyl sites for hydroxylation is 2. The molecular formula is C33H34N2O5. The molecule has 5 atom stereocenters. The summed E-state index contributed by atoms with van der Waals surface area (Å²) in [5.41, 5.74) is 2.89. The zero-order chi connectivity index (χ0) is 28.6. The highest BCUT2D eigenvalue weighted by atomic mass is 16.4. The number of fused-ring (bicyclic) bond motifs is 1. The first-order valence-electron chi connectivity index (χ1n) is 13.7. The van der Waals surface area contributed by atoms with Crippen LogP contribution in [0.2, 0.25) is 0 Å². The molecule has 2 fully saturated rings. The molecule has 0 radical (unpaired) electrons. The molecule has 2 saturated heterocycles. The van der Waals surface area contributed by atoms with Crippen molar-refractivity contribution in [3.8, 4) is 0 Å². The fourth-order valence-electron chi connectivity index (χ4n) is 6.28. The maximum absolute atomic E-state index is 14.2. The Morgan fingerprint density at radius 2 is 1.48 bits per heavy atom. The van der Waals surface area contributed by atoms with E-state index in [1.54, 1.807) is 0 Å². The van der Waals surface area contributed by atoms with Crippen molar-refractivity contribution in [3.63, 3.8) is 0 Å². The summed E-state index contributed by atoms with van der Waals surface area (Å²) in [5.74, 6) is -4.65. The van der Waals surface area contributed by atoms with E-state index in [1.165, 1.54) is 11.8 Å². The number of aliphatic hydroxyl groups excluding tert-OH is 1. The first-order valence-corrected chi connectivity index (χ1v) is 13.7. The van der Waals surface area contributed by atoms with Crippen molar-refractivity contribution in [3.05, 3.63) is 101 Å². The number of carbonyl (C=O) groups is 3. The Hall–Kier alpha value is -4.07. The van der Waals surface area contributed by atoms with Crippen LogP contribution in [0.15, 0.2) is 72.8 Å². The van der Waals surface area contributed by atoms with Gasteiger partial charge in [0.2, 0.25) is 11.8 Å². The smallest absolute Gasteiger partial charge is 0.327 e. The van der Waals surface area contributed by atoms with Crippen molar-refractivity contribution < 1.29 is 24.6 Å². The average molecular weight is 539 g/mol. The summed E-state index contributed by atoms with van der Waals surface area (Å²) in [6, 6.07) is 22.3. The Morgan fingerprint density at radius 1 is 0.900 bits per heavy atom. The lowest BCUT2D eigenvalue weighted by Crippen LogP contribution is -2.62. The highest BCUT2D eigenvalue weighted by Gasteiger charge is 2.70. The Kier molecular flexibility index (Phi) is 7.45. The zero-order valence-electron chi connectivity index (χ0n) is 22.9. The molecule has 2 aliphatic rings. The number of aliphatic hydroxyl groups is 1. The van der Waals surface area contributed by atoms with E-state index in [9.17, 15) is 24.6 Å². The second-order valence-corrected chi connectivity index (χ2v) is 10.5. The average Bonchev–Trinajstić information content (AvgIpc) is 3.46. The van der Waals surface area contributed by atoms with Gasteiger partial charge in [0.25, 0.3) is 0 Å². The molecule has 2 amide bonds. The number of hydrogen-bond acceptors (Lipinski definition) is 5. The molecule has 2 aliphatic heterocycles. The zero-order valence-corrected chi connectivity index (χ0v) is 22.9. The van der Waals surface area contributed by atoms with Gasteiger partial charge in [-0.2, -0.15) is 0 Å². The van der Waals surface area contributed by atoms with E-state index in [0.29, 0.717) is 24.1 Å². The third-order valence-electron chi connectivity index (χ3n) is 8.36. The molecule has 0 saturated carbocycles. The van der Waals surface area contributed by atoms with Crippen molar-refractivity contribution in [1.29, 1.82) is 0 Å². The summed E-state index contributed by atoms with van der Waals surface area (Å²) in [7, 11) is 0. The number of aliphatic carboxylic acids is 1. The van der Waals surface area contributed by atoms with Gasteiger partial charge in [-0.1, -0.05) is 98.8 Å². The number of rotatable bonds is 8. The van der Waals surface area contributed by atoms with Crippen molar-refractivity contribution in [2.45, 2.75) is 51.3 Å². The number of carboxylic acids is 1. The molecule has 2 heterocycles. The first-order chi connectivity index (χ1) is 19.2. The summed E-state index contributed by atoms with van der Waals surface area (Å²) < 4.78 is 0. The van der Waals surface area contributed by atoms with Gasteiger partial charge in [-0.05, 0) is 47.6 Å². The quantitative estimate of drug-likeness (QED) is 0.285. The minimum Gasteiger partial charge on any atom is -0.480 e. The summed E-state index contributed by atoms with van der Waals surface area (Å²) >= 11 is 0. The van der Waals surface area contributed by atoms with Crippen molar-refractivity contribution in [2.75, 3.05) is 4.90 Å². The van der Waals surface area contributed by atoms with Gasteiger partial charge in [-0.15, -0.1) is 0 Å². The van der Waals surface area contributed by atoms with Crippen molar-refractivity contribution >= 4 is 35.6 Å². The van der Waals surface area contributed by atoms with Crippen LogP contribution >= 0.6 is 0 Å². The maximum Gasteiger partial charge on any atom is 0.327 e. The first kappa shape index (κ1) is 27.5. The Bertz CT molecular complexity index is 1440. The molecule has 5 unspecified atom stereocenters.